The molecule has 0 aromatic carbocycles. The van der Waals surface area contributed by atoms with Crippen LogP contribution in [-0.2, 0) is 11.8 Å². The van der Waals surface area contributed by atoms with Crippen molar-refractivity contribution in [1.29, 1.82) is 0 Å². The van der Waals surface area contributed by atoms with Crippen LogP contribution in [0, 0.1) is 0 Å². The van der Waals surface area contributed by atoms with Gasteiger partial charge < -0.3 is 9.84 Å². The van der Waals surface area contributed by atoms with Crippen LogP contribution in [-0.4, -0.2) is 27.6 Å². The zero-order valence-corrected chi connectivity index (χ0v) is 10.4. The van der Waals surface area contributed by atoms with E-state index in [0.717, 1.165) is 10.2 Å². The third kappa shape index (κ3) is 1.99. The Balaban J connectivity index is 3.06. The predicted octanol–water partition coefficient (Wildman–Crippen LogP) is 1.64. The van der Waals surface area contributed by atoms with Crippen molar-refractivity contribution >= 4 is 15.9 Å². The number of aliphatic hydroxyl groups is 1. The Morgan fingerprint density at radius 1 is 1.64 bits per heavy atom. The van der Waals surface area contributed by atoms with Crippen LogP contribution < -0.4 is 0 Å². The molecule has 5 heteroatoms. The highest BCUT2D eigenvalue weighted by atomic mass is 79.9. The molecule has 1 N–H and O–H groups in total. The Kier molecular flexibility index (Phi) is 3.34. The van der Waals surface area contributed by atoms with Crippen molar-refractivity contribution in [3.05, 3.63) is 16.4 Å². The number of aryl methyl sites for hydroxylation is 1. The fourth-order valence-electron chi connectivity index (χ4n) is 1.17. The molecule has 1 aromatic rings. The summed E-state index contributed by atoms with van der Waals surface area (Å²) in [5, 5.41) is 14.1. The van der Waals surface area contributed by atoms with Crippen LogP contribution in [0.25, 0.3) is 0 Å². The second-order valence-corrected chi connectivity index (χ2v) is 4.57. The maximum atomic E-state index is 10.1. The van der Waals surface area contributed by atoms with Crippen molar-refractivity contribution in [1.82, 2.24) is 9.78 Å². The molecule has 0 fully saturated rings. The minimum atomic E-state index is -0.714. The molecule has 0 aliphatic rings. The van der Waals surface area contributed by atoms with Gasteiger partial charge in [0.25, 0.3) is 0 Å². The minimum absolute atomic E-state index is 0.629. The highest BCUT2D eigenvalue weighted by Crippen LogP contribution is 2.32. The van der Waals surface area contributed by atoms with Gasteiger partial charge >= 0.3 is 0 Å². The Labute approximate surface area is 92.0 Å². The molecule has 0 aliphatic heterocycles. The Hall–Kier alpha value is -0.390. The summed E-state index contributed by atoms with van der Waals surface area (Å²) in [4.78, 5) is 0. The van der Waals surface area contributed by atoms with E-state index in [1.54, 1.807) is 25.0 Å². The van der Waals surface area contributed by atoms with Crippen molar-refractivity contribution in [2.45, 2.75) is 25.6 Å². The van der Waals surface area contributed by atoms with Gasteiger partial charge in [-0.1, -0.05) is 0 Å². The molecule has 0 bridgehead atoms. The highest BCUT2D eigenvalue weighted by Gasteiger charge is 2.32. The van der Waals surface area contributed by atoms with Gasteiger partial charge in [-0.2, -0.15) is 5.10 Å². The normalized spacial score (nSPS) is 14.4. The molecule has 1 aromatic heterocycles. The first-order valence-electron chi connectivity index (χ1n) is 4.30. The maximum absolute atomic E-state index is 10.1. The van der Waals surface area contributed by atoms with Crippen molar-refractivity contribution in [2.24, 2.45) is 7.05 Å². The van der Waals surface area contributed by atoms with Crippen LogP contribution >= 0.6 is 15.9 Å². The molecule has 1 heterocycles. The van der Waals surface area contributed by atoms with E-state index in [-0.39, 0.29) is 0 Å². The number of hydrogen-bond acceptors (Lipinski definition) is 3. The molecule has 0 radical (unpaired) electrons. The van der Waals surface area contributed by atoms with Gasteiger partial charge in [-0.05, 0) is 29.8 Å². The van der Waals surface area contributed by atoms with Crippen LogP contribution in [0.3, 0.4) is 0 Å². The first-order valence-corrected chi connectivity index (χ1v) is 5.10. The molecule has 1 atom stereocenters. The van der Waals surface area contributed by atoms with Crippen LogP contribution in [0.1, 0.15) is 25.6 Å². The Morgan fingerprint density at radius 3 is 2.57 bits per heavy atom. The monoisotopic (exact) mass is 262 g/mol. The van der Waals surface area contributed by atoms with Crippen molar-refractivity contribution in [3.63, 3.8) is 0 Å². The van der Waals surface area contributed by atoms with Crippen molar-refractivity contribution in [2.75, 3.05) is 7.11 Å². The number of methoxy groups -OCH3 is 1. The van der Waals surface area contributed by atoms with Gasteiger partial charge in [0.05, 0.1) is 22.0 Å². The van der Waals surface area contributed by atoms with E-state index >= 15 is 0 Å². The number of rotatable bonds is 3. The number of aromatic nitrogens is 2. The second kappa shape index (κ2) is 4.00. The predicted molar refractivity (Wildman–Crippen MR) is 57.0 cm³/mol. The van der Waals surface area contributed by atoms with Crippen LogP contribution in [0.5, 0.6) is 0 Å². The number of ether oxygens (including phenoxy) is 1. The number of hydrogen-bond donors (Lipinski definition) is 1. The lowest BCUT2D eigenvalue weighted by Crippen LogP contribution is -2.32. The summed E-state index contributed by atoms with van der Waals surface area (Å²) in [5.41, 5.74) is 0.0906. The highest BCUT2D eigenvalue weighted by molar-refractivity contribution is 9.10. The van der Waals surface area contributed by atoms with Crippen LogP contribution in [0.4, 0.5) is 0 Å². The van der Waals surface area contributed by atoms with Gasteiger partial charge in [-0.3, -0.25) is 4.68 Å². The van der Waals surface area contributed by atoms with Crippen LogP contribution in [0.2, 0.25) is 0 Å². The first-order chi connectivity index (χ1) is 6.40. The van der Waals surface area contributed by atoms with Gasteiger partial charge in [-0.25, -0.2) is 0 Å². The molecule has 1 rings (SSSR count). The lowest BCUT2D eigenvalue weighted by Gasteiger charge is -2.29. The van der Waals surface area contributed by atoms with Crippen LogP contribution in [0.15, 0.2) is 10.7 Å². The topological polar surface area (TPSA) is 47.3 Å². The van der Waals surface area contributed by atoms with Gasteiger partial charge in [0, 0.05) is 14.2 Å². The molecule has 0 amide bonds. The van der Waals surface area contributed by atoms with E-state index in [2.05, 4.69) is 21.0 Å². The van der Waals surface area contributed by atoms with E-state index in [4.69, 9.17) is 4.74 Å². The van der Waals surface area contributed by atoms with Crippen molar-refractivity contribution in [3.8, 4) is 0 Å². The molecule has 80 valence electrons. The summed E-state index contributed by atoms with van der Waals surface area (Å²) in [6.45, 7) is 3.66. The number of aliphatic hydroxyl groups excluding tert-OH is 1. The molecule has 14 heavy (non-hydrogen) atoms. The van der Waals surface area contributed by atoms with Gasteiger partial charge in [0.1, 0.15) is 6.10 Å². The standard InChI is InChI=1S/C9H15BrN2O2/c1-9(2,14-4)8(13)7-6(10)5-11-12(7)3/h5,8,13H,1-4H3. The van der Waals surface area contributed by atoms with E-state index < -0.39 is 11.7 Å². The second-order valence-electron chi connectivity index (χ2n) is 3.71. The summed E-state index contributed by atoms with van der Waals surface area (Å²) >= 11 is 3.34. The Bertz CT molecular complexity index is 303. The molecule has 4 nitrogen and oxygen atoms in total. The molecule has 0 saturated carbocycles. The van der Waals surface area contributed by atoms with Gasteiger partial charge in [0.15, 0.2) is 0 Å². The lowest BCUT2D eigenvalue weighted by atomic mass is 9.99. The smallest absolute Gasteiger partial charge is 0.125 e. The molecule has 0 spiro atoms. The maximum Gasteiger partial charge on any atom is 0.125 e. The SMILES string of the molecule is COC(C)(C)C(O)c1c(Br)cnn1C. The molecule has 0 aliphatic carbocycles. The zero-order chi connectivity index (χ0) is 10.9. The quantitative estimate of drug-likeness (QED) is 0.901. The third-order valence-electron chi connectivity index (χ3n) is 2.38. The summed E-state index contributed by atoms with van der Waals surface area (Å²) in [7, 11) is 3.36. The number of halogens is 1. The number of nitrogens with zero attached hydrogens (tertiary/aromatic N) is 2. The van der Waals surface area contributed by atoms with E-state index in [1.807, 2.05) is 13.8 Å². The van der Waals surface area contributed by atoms with E-state index in [0.29, 0.717) is 0 Å². The average Bonchev–Trinajstić information content (AvgIpc) is 2.45. The van der Waals surface area contributed by atoms with E-state index in [9.17, 15) is 5.11 Å². The zero-order valence-electron chi connectivity index (χ0n) is 8.78. The summed E-state index contributed by atoms with van der Waals surface area (Å²) in [6.07, 6.45) is 0.943. The van der Waals surface area contributed by atoms with Gasteiger partial charge in [-0.15, -0.1) is 0 Å². The summed E-state index contributed by atoms with van der Waals surface area (Å²) in [5.74, 6) is 0. The molecule has 0 saturated heterocycles. The Morgan fingerprint density at radius 2 is 2.21 bits per heavy atom. The first kappa shape index (κ1) is 11.7. The fourth-order valence-corrected chi connectivity index (χ4v) is 1.73. The fraction of sp³-hybridized carbons (Fsp3) is 0.667. The molecule has 1 unspecified atom stereocenters. The van der Waals surface area contributed by atoms with Gasteiger partial charge in [0.2, 0.25) is 0 Å². The van der Waals surface area contributed by atoms with Crippen molar-refractivity contribution < 1.29 is 9.84 Å². The summed E-state index contributed by atoms with van der Waals surface area (Å²) < 4.78 is 7.65. The average molecular weight is 263 g/mol. The molecular weight excluding hydrogens is 248 g/mol. The van der Waals surface area contributed by atoms with E-state index in [1.165, 1.54) is 0 Å². The summed E-state index contributed by atoms with van der Waals surface area (Å²) in [6, 6.07) is 0. The lowest BCUT2D eigenvalue weighted by molar-refractivity contribution is -0.0826. The third-order valence-corrected chi connectivity index (χ3v) is 2.99. The molecular formula is C9H15BrN2O2. The minimum Gasteiger partial charge on any atom is -0.384 e. The largest absolute Gasteiger partial charge is 0.384 e.